The van der Waals surface area contributed by atoms with E-state index >= 15 is 0 Å². The van der Waals surface area contributed by atoms with Crippen LogP contribution in [-0.4, -0.2) is 27.0 Å². The van der Waals surface area contributed by atoms with Gasteiger partial charge < -0.3 is 11.1 Å². The lowest BCUT2D eigenvalue weighted by Gasteiger charge is -2.03. The highest BCUT2D eigenvalue weighted by Crippen LogP contribution is 2.17. The average molecular weight is 248 g/mol. The second-order valence-corrected chi connectivity index (χ2v) is 6.72. The second-order valence-electron chi connectivity index (χ2n) is 3.46. The molecule has 0 fully saturated rings. The Bertz CT molecular complexity index is 398. The molecule has 0 aliphatic carbocycles. The molecule has 0 aliphatic heterocycles. The number of sulfone groups is 1. The summed E-state index contributed by atoms with van der Waals surface area (Å²) in [6.45, 7) is 1.41. The minimum atomic E-state index is -2.83. The van der Waals surface area contributed by atoms with Crippen molar-refractivity contribution in [3.05, 3.63) is 16.3 Å². The molecule has 86 valence electrons. The third-order valence-electron chi connectivity index (χ3n) is 1.93. The van der Waals surface area contributed by atoms with Crippen LogP contribution in [0.25, 0.3) is 0 Å². The molecule has 0 bridgehead atoms. The molecule has 0 saturated heterocycles. The van der Waals surface area contributed by atoms with E-state index in [1.165, 1.54) is 6.26 Å². The lowest BCUT2D eigenvalue weighted by Crippen LogP contribution is -2.17. The minimum absolute atomic E-state index is 0.236. The largest absolute Gasteiger partial charge is 0.398 e. The number of nitrogens with one attached hydrogen (secondary N) is 1. The lowest BCUT2D eigenvalue weighted by atomic mass is 10.4. The Morgan fingerprint density at radius 2 is 2.27 bits per heavy atom. The van der Waals surface area contributed by atoms with Gasteiger partial charge >= 0.3 is 0 Å². The van der Waals surface area contributed by atoms with E-state index in [2.05, 4.69) is 5.32 Å². The molecule has 6 heteroatoms. The van der Waals surface area contributed by atoms with Crippen LogP contribution in [0.15, 0.2) is 11.4 Å². The quantitative estimate of drug-likeness (QED) is 0.732. The first-order valence-electron chi connectivity index (χ1n) is 4.69. The zero-order valence-corrected chi connectivity index (χ0v) is 10.3. The summed E-state index contributed by atoms with van der Waals surface area (Å²) in [6.07, 6.45) is 1.90. The van der Waals surface area contributed by atoms with Crippen LogP contribution in [0.1, 0.15) is 11.3 Å². The molecule has 0 radical (unpaired) electrons. The van der Waals surface area contributed by atoms with Crippen molar-refractivity contribution in [1.82, 2.24) is 5.32 Å². The zero-order chi connectivity index (χ0) is 11.3. The maximum absolute atomic E-state index is 10.8. The van der Waals surface area contributed by atoms with Gasteiger partial charge in [0.15, 0.2) is 0 Å². The van der Waals surface area contributed by atoms with Gasteiger partial charge in [-0.3, -0.25) is 0 Å². The third-order valence-corrected chi connectivity index (χ3v) is 3.90. The standard InChI is InChI=1S/C9H16N2O2S2/c1-15(12,13)6-2-4-11-7-9-8(10)3-5-14-9/h3,5,11H,2,4,6-7,10H2,1H3. The van der Waals surface area contributed by atoms with E-state index < -0.39 is 9.84 Å². The first-order chi connectivity index (χ1) is 6.99. The maximum Gasteiger partial charge on any atom is 0.147 e. The summed E-state index contributed by atoms with van der Waals surface area (Å²) in [5.74, 6) is 0.236. The monoisotopic (exact) mass is 248 g/mol. The highest BCUT2D eigenvalue weighted by molar-refractivity contribution is 7.90. The Labute approximate surface area is 94.4 Å². The van der Waals surface area contributed by atoms with Gasteiger partial charge in [-0.05, 0) is 24.4 Å². The molecule has 0 aromatic carbocycles. The van der Waals surface area contributed by atoms with Crippen molar-refractivity contribution in [2.75, 3.05) is 24.3 Å². The van der Waals surface area contributed by atoms with E-state index in [0.717, 1.165) is 10.6 Å². The number of nitrogens with two attached hydrogens (primary N) is 1. The molecule has 0 amide bonds. The van der Waals surface area contributed by atoms with Gasteiger partial charge in [-0.1, -0.05) is 0 Å². The number of rotatable bonds is 6. The summed E-state index contributed by atoms with van der Waals surface area (Å²) in [6, 6.07) is 1.87. The van der Waals surface area contributed by atoms with Crippen molar-refractivity contribution in [3.63, 3.8) is 0 Å². The first-order valence-corrected chi connectivity index (χ1v) is 7.63. The molecule has 1 heterocycles. The van der Waals surface area contributed by atoms with Crippen molar-refractivity contribution >= 4 is 26.9 Å². The SMILES string of the molecule is CS(=O)(=O)CCCNCc1sccc1N. The summed E-state index contributed by atoms with van der Waals surface area (Å²) in [5, 5.41) is 5.11. The maximum atomic E-state index is 10.8. The molecular weight excluding hydrogens is 232 g/mol. The molecule has 0 atom stereocenters. The number of nitrogen functional groups attached to an aromatic ring is 1. The predicted molar refractivity (Wildman–Crippen MR) is 64.8 cm³/mol. The van der Waals surface area contributed by atoms with E-state index in [1.54, 1.807) is 11.3 Å². The highest BCUT2D eigenvalue weighted by atomic mass is 32.2. The Balaban J connectivity index is 2.15. The lowest BCUT2D eigenvalue weighted by molar-refractivity contribution is 0.594. The van der Waals surface area contributed by atoms with Crippen molar-refractivity contribution in [3.8, 4) is 0 Å². The van der Waals surface area contributed by atoms with Crippen molar-refractivity contribution < 1.29 is 8.42 Å². The van der Waals surface area contributed by atoms with Crippen LogP contribution < -0.4 is 11.1 Å². The molecule has 4 nitrogen and oxygen atoms in total. The Hall–Kier alpha value is -0.590. The minimum Gasteiger partial charge on any atom is -0.398 e. The van der Waals surface area contributed by atoms with Crippen LogP contribution in [0.5, 0.6) is 0 Å². The van der Waals surface area contributed by atoms with Crippen LogP contribution >= 0.6 is 11.3 Å². The van der Waals surface area contributed by atoms with E-state index in [4.69, 9.17) is 5.73 Å². The number of thiophene rings is 1. The fraction of sp³-hybridized carbons (Fsp3) is 0.556. The molecular formula is C9H16N2O2S2. The molecule has 0 aliphatic rings. The van der Waals surface area contributed by atoms with Gasteiger partial charge in [0.05, 0.1) is 5.75 Å². The molecule has 3 N–H and O–H groups in total. The van der Waals surface area contributed by atoms with Crippen molar-refractivity contribution in [1.29, 1.82) is 0 Å². The number of hydrogen-bond acceptors (Lipinski definition) is 5. The summed E-state index contributed by atoms with van der Waals surface area (Å²) in [4.78, 5) is 1.11. The van der Waals surface area contributed by atoms with Crippen LogP contribution in [0.4, 0.5) is 5.69 Å². The Morgan fingerprint density at radius 3 is 2.80 bits per heavy atom. The highest BCUT2D eigenvalue weighted by Gasteiger charge is 2.02. The van der Waals surface area contributed by atoms with Crippen LogP contribution in [0.2, 0.25) is 0 Å². The zero-order valence-electron chi connectivity index (χ0n) is 8.69. The van der Waals surface area contributed by atoms with Gasteiger partial charge in [0.25, 0.3) is 0 Å². The van der Waals surface area contributed by atoms with Gasteiger partial charge in [0.2, 0.25) is 0 Å². The van der Waals surface area contributed by atoms with Crippen LogP contribution in [0.3, 0.4) is 0 Å². The van der Waals surface area contributed by atoms with Crippen LogP contribution in [0, 0.1) is 0 Å². The average Bonchev–Trinajstić information content (AvgIpc) is 2.49. The van der Waals surface area contributed by atoms with Gasteiger partial charge in [-0.25, -0.2) is 8.42 Å². The molecule has 0 unspecified atom stereocenters. The summed E-state index contributed by atoms with van der Waals surface area (Å²) < 4.78 is 21.7. The normalized spacial score (nSPS) is 11.8. The van der Waals surface area contributed by atoms with Gasteiger partial charge in [-0.15, -0.1) is 11.3 Å². The Morgan fingerprint density at radius 1 is 1.53 bits per heavy atom. The Kier molecular flexibility index (Phi) is 4.56. The second kappa shape index (κ2) is 5.48. The fourth-order valence-corrected chi connectivity index (χ4v) is 2.59. The summed E-state index contributed by atoms with van der Waals surface area (Å²) in [7, 11) is -2.83. The van der Waals surface area contributed by atoms with Crippen molar-refractivity contribution in [2.45, 2.75) is 13.0 Å². The van der Waals surface area contributed by atoms with E-state index in [1.807, 2.05) is 11.4 Å². The third kappa shape index (κ3) is 5.15. The predicted octanol–water partition coefficient (Wildman–Crippen LogP) is 0.855. The van der Waals surface area contributed by atoms with Crippen molar-refractivity contribution in [2.24, 2.45) is 0 Å². The number of hydrogen-bond donors (Lipinski definition) is 2. The van der Waals surface area contributed by atoms with Gasteiger partial charge in [-0.2, -0.15) is 0 Å². The van der Waals surface area contributed by atoms with E-state index in [-0.39, 0.29) is 5.75 Å². The first kappa shape index (κ1) is 12.5. The number of anilines is 1. The van der Waals surface area contributed by atoms with Gasteiger partial charge in [0.1, 0.15) is 9.84 Å². The molecule has 0 saturated carbocycles. The van der Waals surface area contributed by atoms with Gasteiger partial charge in [0, 0.05) is 23.4 Å². The molecule has 1 aromatic heterocycles. The van der Waals surface area contributed by atoms with E-state index in [0.29, 0.717) is 19.5 Å². The fourth-order valence-electron chi connectivity index (χ4n) is 1.16. The molecule has 1 rings (SSSR count). The summed E-state index contributed by atoms with van der Waals surface area (Å²) in [5.41, 5.74) is 6.50. The van der Waals surface area contributed by atoms with Crippen LogP contribution in [-0.2, 0) is 16.4 Å². The summed E-state index contributed by atoms with van der Waals surface area (Å²) >= 11 is 1.61. The molecule has 0 spiro atoms. The molecule has 15 heavy (non-hydrogen) atoms. The molecule has 1 aromatic rings. The topological polar surface area (TPSA) is 72.2 Å². The smallest absolute Gasteiger partial charge is 0.147 e. The van der Waals surface area contributed by atoms with E-state index in [9.17, 15) is 8.42 Å².